The van der Waals surface area contributed by atoms with Crippen LogP contribution in [0.5, 0.6) is 0 Å². The van der Waals surface area contributed by atoms with Gasteiger partial charge in [-0.2, -0.15) is 0 Å². The highest BCUT2D eigenvalue weighted by atomic mass is 35.5. The summed E-state index contributed by atoms with van der Waals surface area (Å²) in [6.45, 7) is 1.29. The second kappa shape index (κ2) is 7.87. The largest absolute Gasteiger partial charge is 0.352 e. The highest BCUT2D eigenvalue weighted by molar-refractivity contribution is 5.97. The van der Waals surface area contributed by atoms with Gasteiger partial charge in [0.05, 0.1) is 0 Å². The van der Waals surface area contributed by atoms with E-state index in [-0.39, 0.29) is 24.2 Å². The van der Waals surface area contributed by atoms with E-state index in [0.29, 0.717) is 31.5 Å². The molecule has 110 valence electrons. The zero-order valence-corrected chi connectivity index (χ0v) is 12.1. The number of hydrogen-bond donors (Lipinski definition) is 3. The molecule has 1 aliphatic heterocycles. The van der Waals surface area contributed by atoms with E-state index in [9.17, 15) is 9.59 Å². The smallest absolute Gasteiger partial charge is 0.251 e. The van der Waals surface area contributed by atoms with Crippen molar-refractivity contribution >= 4 is 29.9 Å². The Labute approximate surface area is 124 Å². The lowest BCUT2D eigenvalue weighted by molar-refractivity contribution is -0.116. The van der Waals surface area contributed by atoms with Gasteiger partial charge in [-0.05, 0) is 49.6 Å². The summed E-state index contributed by atoms with van der Waals surface area (Å²) in [7, 11) is 0. The summed E-state index contributed by atoms with van der Waals surface area (Å²) in [5.74, 6) is -0.0387. The van der Waals surface area contributed by atoms with Crippen LogP contribution in [0.3, 0.4) is 0 Å². The third kappa shape index (κ3) is 4.21. The number of anilines is 1. The Hall–Kier alpha value is -1.59. The number of amides is 2. The molecule has 0 saturated heterocycles. The van der Waals surface area contributed by atoms with Gasteiger partial charge in [-0.15, -0.1) is 12.4 Å². The standard InChI is InChI=1S/C14H19N3O2.ClH/c15-7-1-2-8-16-14(19)11-3-5-12-10(9-11)4-6-13(18)17-12;/h3,5,9H,1-2,4,6-8,15H2,(H,16,19)(H,17,18);1H. The Morgan fingerprint density at radius 3 is 2.85 bits per heavy atom. The van der Waals surface area contributed by atoms with Crippen molar-refractivity contribution in [3.63, 3.8) is 0 Å². The summed E-state index contributed by atoms with van der Waals surface area (Å²) in [6, 6.07) is 5.39. The fourth-order valence-electron chi connectivity index (χ4n) is 2.10. The van der Waals surface area contributed by atoms with Crippen molar-refractivity contribution in [3.05, 3.63) is 29.3 Å². The molecular formula is C14H20ClN3O2. The van der Waals surface area contributed by atoms with Crippen LogP contribution in [-0.4, -0.2) is 24.9 Å². The zero-order valence-electron chi connectivity index (χ0n) is 11.3. The van der Waals surface area contributed by atoms with Crippen LogP contribution in [0.2, 0.25) is 0 Å². The van der Waals surface area contributed by atoms with E-state index >= 15 is 0 Å². The molecular weight excluding hydrogens is 278 g/mol. The van der Waals surface area contributed by atoms with Crippen molar-refractivity contribution in [2.24, 2.45) is 5.73 Å². The van der Waals surface area contributed by atoms with Gasteiger partial charge in [0, 0.05) is 24.2 Å². The molecule has 1 aromatic rings. The Morgan fingerprint density at radius 2 is 2.10 bits per heavy atom. The normalized spacial score (nSPS) is 12.9. The zero-order chi connectivity index (χ0) is 13.7. The van der Waals surface area contributed by atoms with Crippen LogP contribution in [0.4, 0.5) is 5.69 Å². The minimum atomic E-state index is -0.0725. The Balaban J connectivity index is 0.00000200. The van der Waals surface area contributed by atoms with E-state index in [2.05, 4.69) is 10.6 Å². The molecule has 5 nitrogen and oxygen atoms in total. The van der Waals surface area contributed by atoms with E-state index < -0.39 is 0 Å². The van der Waals surface area contributed by atoms with Crippen LogP contribution >= 0.6 is 12.4 Å². The molecule has 4 N–H and O–H groups in total. The molecule has 0 aromatic heterocycles. The number of nitrogens with two attached hydrogens (primary N) is 1. The average Bonchev–Trinajstić information content (AvgIpc) is 2.42. The van der Waals surface area contributed by atoms with Crippen molar-refractivity contribution in [2.75, 3.05) is 18.4 Å². The van der Waals surface area contributed by atoms with Gasteiger partial charge >= 0.3 is 0 Å². The number of carbonyl (C=O) groups excluding carboxylic acids is 2. The number of halogens is 1. The molecule has 1 aliphatic rings. The molecule has 0 bridgehead atoms. The van der Waals surface area contributed by atoms with Gasteiger partial charge in [-0.3, -0.25) is 9.59 Å². The third-order valence-corrected chi connectivity index (χ3v) is 3.18. The molecule has 0 spiro atoms. The van der Waals surface area contributed by atoms with E-state index in [4.69, 9.17) is 5.73 Å². The van der Waals surface area contributed by atoms with E-state index in [1.165, 1.54) is 0 Å². The Morgan fingerprint density at radius 1 is 1.30 bits per heavy atom. The highest BCUT2D eigenvalue weighted by Gasteiger charge is 2.16. The van der Waals surface area contributed by atoms with Crippen molar-refractivity contribution in [1.29, 1.82) is 0 Å². The predicted molar refractivity (Wildman–Crippen MR) is 81.3 cm³/mol. The number of unbranched alkanes of at least 4 members (excludes halogenated alkanes) is 1. The van der Waals surface area contributed by atoms with E-state index in [0.717, 1.165) is 24.1 Å². The second-order valence-electron chi connectivity index (χ2n) is 4.67. The molecule has 0 aliphatic carbocycles. The van der Waals surface area contributed by atoms with Gasteiger partial charge < -0.3 is 16.4 Å². The molecule has 1 heterocycles. The van der Waals surface area contributed by atoms with Gasteiger partial charge in [0.2, 0.25) is 5.91 Å². The average molecular weight is 298 g/mol. The summed E-state index contributed by atoms with van der Waals surface area (Å²) in [5, 5.41) is 5.67. The molecule has 0 unspecified atom stereocenters. The second-order valence-corrected chi connectivity index (χ2v) is 4.67. The number of fused-ring (bicyclic) bond motifs is 1. The highest BCUT2D eigenvalue weighted by Crippen LogP contribution is 2.23. The molecule has 1 aromatic carbocycles. The van der Waals surface area contributed by atoms with E-state index in [1.807, 2.05) is 6.07 Å². The first-order chi connectivity index (χ1) is 9.20. The minimum Gasteiger partial charge on any atom is -0.352 e. The van der Waals surface area contributed by atoms with E-state index in [1.54, 1.807) is 12.1 Å². The quantitative estimate of drug-likeness (QED) is 0.719. The van der Waals surface area contributed by atoms with Crippen molar-refractivity contribution in [2.45, 2.75) is 25.7 Å². The minimum absolute atomic E-state index is 0. The lowest BCUT2D eigenvalue weighted by Crippen LogP contribution is -2.25. The van der Waals surface area contributed by atoms with Crippen molar-refractivity contribution in [3.8, 4) is 0 Å². The fraction of sp³-hybridized carbons (Fsp3) is 0.429. The van der Waals surface area contributed by atoms with Crippen LogP contribution in [0.15, 0.2) is 18.2 Å². The molecule has 6 heteroatoms. The number of rotatable bonds is 5. The number of carbonyl (C=O) groups is 2. The van der Waals surface area contributed by atoms with Crippen LogP contribution in [0.25, 0.3) is 0 Å². The fourth-order valence-corrected chi connectivity index (χ4v) is 2.10. The van der Waals surface area contributed by atoms with Crippen LogP contribution < -0.4 is 16.4 Å². The Kier molecular flexibility index (Phi) is 6.48. The lowest BCUT2D eigenvalue weighted by atomic mass is 10.00. The van der Waals surface area contributed by atoms with Gasteiger partial charge in [0.15, 0.2) is 0 Å². The summed E-state index contributed by atoms with van der Waals surface area (Å²) in [5.41, 5.74) is 7.88. The summed E-state index contributed by atoms with van der Waals surface area (Å²) in [4.78, 5) is 23.2. The third-order valence-electron chi connectivity index (χ3n) is 3.18. The topological polar surface area (TPSA) is 84.2 Å². The first-order valence-electron chi connectivity index (χ1n) is 6.62. The molecule has 20 heavy (non-hydrogen) atoms. The first-order valence-corrected chi connectivity index (χ1v) is 6.62. The summed E-state index contributed by atoms with van der Waals surface area (Å²) >= 11 is 0. The van der Waals surface area contributed by atoms with Gasteiger partial charge in [-0.25, -0.2) is 0 Å². The molecule has 0 saturated carbocycles. The maximum absolute atomic E-state index is 11.9. The van der Waals surface area contributed by atoms with Gasteiger partial charge in [0.1, 0.15) is 0 Å². The Bertz CT molecular complexity index is 491. The molecule has 0 fully saturated rings. The van der Waals surface area contributed by atoms with Crippen LogP contribution in [0, 0.1) is 0 Å². The summed E-state index contributed by atoms with van der Waals surface area (Å²) < 4.78 is 0. The number of nitrogens with one attached hydrogen (secondary N) is 2. The molecule has 2 rings (SSSR count). The van der Waals surface area contributed by atoms with Crippen molar-refractivity contribution in [1.82, 2.24) is 5.32 Å². The maximum Gasteiger partial charge on any atom is 0.251 e. The number of benzene rings is 1. The maximum atomic E-state index is 11.9. The van der Waals surface area contributed by atoms with Crippen molar-refractivity contribution < 1.29 is 9.59 Å². The monoisotopic (exact) mass is 297 g/mol. The number of hydrogen-bond acceptors (Lipinski definition) is 3. The van der Waals surface area contributed by atoms with Crippen LogP contribution in [-0.2, 0) is 11.2 Å². The van der Waals surface area contributed by atoms with Gasteiger partial charge in [-0.1, -0.05) is 0 Å². The molecule has 0 atom stereocenters. The first kappa shape index (κ1) is 16.5. The number of aryl methyl sites for hydroxylation is 1. The molecule has 0 radical (unpaired) electrons. The summed E-state index contributed by atoms with van der Waals surface area (Å²) in [6.07, 6.45) is 2.98. The lowest BCUT2D eigenvalue weighted by Gasteiger charge is -2.17. The predicted octanol–water partition coefficient (Wildman–Crippen LogP) is 1.46. The van der Waals surface area contributed by atoms with Gasteiger partial charge in [0.25, 0.3) is 5.91 Å². The van der Waals surface area contributed by atoms with Crippen LogP contribution in [0.1, 0.15) is 35.2 Å². The molecule has 2 amide bonds. The SMILES string of the molecule is Cl.NCCCCNC(=O)c1ccc2c(c1)CCC(=O)N2.